The number of hydrogen-bond donors (Lipinski definition) is 0. The molecule has 1 heterocycles. The fourth-order valence-corrected chi connectivity index (χ4v) is 6.53. The van der Waals surface area contributed by atoms with E-state index in [1.54, 1.807) is 0 Å². The number of fused-ring (bicyclic) bond motifs is 8. The Bertz CT molecular complexity index is 2310. The maximum Gasteiger partial charge on any atom is 0.143 e. The molecule has 0 N–H and O–H groups in total. The second-order valence-electron chi connectivity index (χ2n) is 10.5. The Morgan fingerprint density at radius 1 is 0.359 bits per heavy atom. The van der Waals surface area contributed by atoms with Crippen LogP contribution in [0, 0.1) is 0 Å². The zero-order valence-corrected chi connectivity index (χ0v) is 21.1. The summed E-state index contributed by atoms with van der Waals surface area (Å²) in [5, 5.41) is 12.4. The summed E-state index contributed by atoms with van der Waals surface area (Å²) >= 11 is 0. The van der Waals surface area contributed by atoms with E-state index < -0.39 is 0 Å². The second kappa shape index (κ2) is 7.69. The minimum Gasteiger partial charge on any atom is -0.455 e. The van der Waals surface area contributed by atoms with Gasteiger partial charge in [0.2, 0.25) is 0 Å². The average Bonchev–Trinajstić information content (AvgIpc) is 3.00. The Morgan fingerprint density at radius 3 is 1.97 bits per heavy atom. The molecule has 0 saturated heterocycles. The van der Waals surface area contributed by atoms with Gasteiger partial charge < -0.3 is 4.74 Å². The van der Waals surface area contributed by atoms with Crippen molar-refractivity contribution in [1.82, 2.24) is 0 Å². The molecule has 9 rings (SSSR count). The van der Waals surface area contributed by atoms with Gasteiger partial charge in [0.25, 0.3) is 0 Å². The van der Waals surface area contributed by atoms with Gasteiger partial charge in [-0.15, -0.1) is 0 Å². The van der Waals surface area contributed by atoms with Crippen molar-refractivity contribution in [1.29, 1.82) is 0 Å². The molecule has 0 radical (unpaired) electrons. The predicted molar refractivity (Wildman–Crippen MR) is 165 cm³/mol. The Morgan fingerprint density at radius 2 is 1.05 bits per heavy atom. The fraction of sp³-hybridized carbons (Fsp3) is 0. The van der Waals surface area contributed by atoms with Crippen LogP contribution < -0.4 is 4.74 Å². The van der Waals surface area contributed by atoms with Crippen LogP contribution >= 0.6 is 0 Å². The molecule has 1 aliphatic rings. The van der Waals surface area contributed by atoms with Gasteiger partial charge in [0.05, 0.1) is 0 Å². The molecular formula is C38H22O. The van der Waals surface area contributed by atoms with Gasteiger partial charge in [-0.2, -0.15) is 0 Å². The Balaban J connectivity index is 1.25. The number of rotatable bonds is 1. The van der Waals surface area contributed by atoms with Gasteiger partial charge in [-0.25, -0.2) is 0 Å². The van der Waals surface area contributed by atoms with E-state index in [-0.39, 0.29) is 0 Å². The quantitative estimate of drug-likeness (QED) is 0.163. The molecule has 0 fully saturated rings. The lowest BCUT2D eigenvalue weighted by atomic mass is 9.88. The van der Waals surface area contributed by atoms with E-state index in [1.165, 1.54) is 65.2 Å². The third-order valence-corrected chi connectivity index (χ3v) is 8.40. The molecule has 1 nitrogen and oxygen atoms in total. The summed E-state index contributed by atoms with van der Waals surface area (Å²) in [5.41, 5.74) is 4.83. The number of hydrogen-bond acceptors (Lipinski definition) is 1. The maximum atomic E-state index is 6.61. The van der Waals surface area contributed by atoms with Crippen molar-refractivity contribution in [3.8, 4) is 33.8 Å². The Hall–Kier alpha value is -5.14. The number of benzene rings is 8. The lowest BCUT2D eigenvalue weighted by Crippen LogP contribution is -1.98. The summed E-state index contributed by atoms with van der Waals surface area (Å²) in [5.74, 6) is 1.87. The van der Waals surface area contributed by atoms with E-state index in [9.17, 15) is 0 Å². The molecule has 0 bridgehead atoms. The third kappa shape index (κ3) is 2.96. The van der Waals surface area contributed by atoms with Gasteiger partial charge in [0.15, 0.2) is 0 Å². The summed E-state index contributed by atoms with van der Waals surface area (Å²) in [6.07, 6.45) is 0. The molecule has 0 saturated carbocycles. The summed E-state index contributed by atoms with van der Waals surface area (Å²) in [6.45, 7) is 0. The molecule has 39 heavy (non-hydrogen) atoms. The van der Waals surface area contributed by atoms with E-state index >= 15 is 0 Å². The summed E-state index contributed by atoms with van der Waals surface area (Å²) in [4.78, 5) is 0. The summed E-state index contributed by atoms with van der Waals surface area (Å²) < 4.78 is 6.61. The van der Waals surface area contributed by atoms with Crippen LogP contribution in [0.15, 0.2) is 133 Å². The lowest BCUT2D eigenvalue weighted by molar-refractivity contribution is 0.493. The SMILES string of the molecule is c1ccc2c3c(ccc2c1)-c1ccc(-c2ccc4cc5c(ccc6ccccc65)cc4c2)c2cccc(c12)O3. The first-order valence-electron chi connectivity index (χ1n) is 13.4. The highest BCUT2D eigenvalue weighted by Crippen LogP contribution is 2.51. The highest BCUT2D eigenvalue weighted by atomic mass is 16.5. The highest BCUT2D eigenvalue weighted by molar-refractivity contribution is 6.14. The van der Waals surface area contributed by atoms with E-state index in [4.69, 9.17) is 4.74 Å². The fourth-order valence-electron chi connectivity index (χ4n) is 6.53. The van der Waals surface area contributed by atoms with Gasteiger partial charge in [-0.05, 0) is 90.1 Å². The van der Waals surface area contributed by atoms with E-state index in [0.717, 1.165) is 22.4 Å². The molecule has 8 aromatic rings. The van der Waals surface area contributed by atoms with Crippen LogP contribution in [0.25, 0.3) is 76.1 Å². The summed E-state index contributed by atoms with van der Waals surface area (Å²) in [7, 11) is 0. The molecule has 180 valence electrons. The zero-order valence-electron chi connectivity index (χ0n) is 21.1. The molecule has 0 spiro atoms. The van der Waals surface area contributed by atoms with Crippen molar-refractivity contribution in [2.24, 2.45) is 0 Å². The van der Waals surface area contributed by atoms with Gasteiger partial charge in [0.1, 0.15) is 11.5 Å². The standard InChI is InChI=1S/C38H22O/c1-3-8-29-23(6-1)12-14-27-21-28-20-26(15-13-25(28)22-35(27)29)30-18-19-33-34-17-16-24-7-2-4-9-31(24)38(34)39-36-11-5-10-32(30)37(33)36/h1-22H. The molecule has 1 aliphatic heterocycles. The van der Waals surface area contributed by atoms with Gasteiger partial charge in [0, 0.05) is 16.3 Å². The largest absolute Gasteiger partial charge is 0.455 e. The predicted octanol–water partition coefficient (Wildman–Crippen LogP) is 10.9. The minimum absolute atomic E-state index is 0.923. The van der Waals surface area contributed by atoms with Crippen LogP contribution in [0.4, 0.5) is 0 Å². The van der Waals surface area contributed by atoms with Crippen LogP contribution in [-0.4, -0.2) is 0 Å². The highest BCUT2D eigenvalue weighted by Gasteiger charge is 2.23. The molecule has 0 amide bonds. The summed E-state index contributed by atoms with van der Waals surface area (Å²) in [6, 6.07) is 48.4. The van der Waals surface area contributed by atoms with Crippen molar-refractivity contribution in [3.05, 3.63) is 133 Å². The van der Waals surface area contributed by atoms with Crippen molar-refractivity contribution in [2.75, 3.05) is 0 Å². The van der Waals surface area contributed by atoms with Gasteiger partial charge in [-0.1, -0.05) is 103 Å². The third-order valence-electron chi connectivity index (χ3n) is 8.40. The van der Waals surface area contributed by atoms with Crippen molar-refractivity contribution in [3.63, 3.8) is 0 Å². The molecular weight excluding hydrogens is 472 g/mol. The number of ether oxygens (including phenoxy) is 1. The van der Waals surface area contributed by atoms with Crippen LogP contribution in [-0.2, 0) is 0 Å². The normalized spacial score (nSPS) is 12.3. The monoisotopic (exact) mass is 494 g/mol. The van der Waals surface area contributed by atoms with E-state index in [2.05, 4.69) is 133 Å². The van der Waals surface area contributed by atoms with Crippen molar-refractivity contribution >= 4 is 53.9 Å². The first kappa shape index (κ1) is 20.9. The Kier molecular flexibility index (Phi) is 4.11. The lowest BCUT2D eigenvalue weighted by Gasteiger charge is -2.24. The van der Waals surface area contributed by atoms with E-state index in [0.29, 0.717) is 0 Å². The smallest absolute Gasteiger partial charge is 0.143 e. The van der Waals surface area contributed by atoms with Crippen molar-refractivity contribution < 1.29 is 4.74 Å². The first-order chi connectivity index (χ1) is 19.3. The molecule has 0 atom stereocenters. The zero-order chi connectivity index (χ0) is 25.5. The van der Waals surface area contributed by atoms with Gasteiger partial charge >= 0.3 is 0 Å². The van der Waals surface area contributed by atoms with E-state index in [1.807, 2.05) is 0 Å². The molecule has 0 aliphatic carbocycles. The maximum absolute atomic E-state index is 6.61. The van der Waals surface area contributed by atoms with Crippen molar-refractivity contribution in [2.45, 2.75) is 0 Å². The second-order valence-corrected chi connectivity index (χ2v) is 10.5. The van der Waals surface area contributed by atoms with Crippen LogP contribution in [0.5, 0.6) is 11.5 Å². The molecule has 1 heteroatoms. The molecule has 8 aromatic carbocycles. The van der Waals surface area contributed by atoms with Gasteiger partial charge in [-0.3, -0.25) is 0 Å². The molecule has 0 aromatic heterocycles. The first-order valence-corrected chi connectivity index (χ1v) is 13.4. The average molecular weight is 495 g/mol. The minimum atomic E-state index is 0.923. The van der Waals surface area contributed by atoms with Crippen LogP contribution in [0.1, 0.15) is 0 Å². The molecule has 0 unspecified atom stereocenters. The topological polar surface area (TPSA) is 9.23 Å². The van der Waals surface area contributed by atoms with Crippen LogP contribution in [0.2, 0.25) is 0 Å². The van der Waals surface area contributed by atoms with Crippen LogP contribution in [0.3, 0.4) is 0 Å². The Labute approximate surface area is 225 Å².